The van der Waals surface area contributed by atoms with Gasteiger partial charge >= 0.3 is 0 Å². The molecule has 10 nitrogen and oxygen atoms in total. The number of carbonyl (C=O) groups is 1. The molecule has 4 N–H and O–H groups in total. The molecule has 2 fully saturated rings. The molecule has 2 saturated heterocycles. The lowest BCUT2D eigenvalue weighted by molar-refractivity contribution is 0.0818. The highest BCUT2D eigenvalue weighted by Crippen LogP contribution is 2.32. The van der Waals surface area contributed by atoms with Gasteiger partial charge in [0.1, 0.15) is 12.1 Å². The van der Waals surface area contributed by atoms with Crippen LogP contribution in [0.5, 0.6) is 0 Å². The van der Waals surface area contributed by atoms with Crippen molar-refractivity contribution < 1.29 is 14.3 Å². The molecular weight excluding hydrogens is 436 g/mol. The van der Waals surface area contributed by atoms with Crippen molar-refractivity contribution in [1.29, 1.82) is 10.8 Å². The Morgan fingerprint density at radius 3 is 2.76 bits per heavy atom. The van der Waals surface area contributed by atoms with Gasteiger partial charge in [0.2, 0.25) is 0 Å². The van der Waals surface area contributed by atoms with Gasteiger partial charge in [0.05, 0.1) is 16.7 Å². The second kappa shape index (κ2) is 8.69. The highest BCUT2D eigenvalue weighted by Gasteiger charge is 2.32. The number of carbonyl (C=O) groups excluding carboxylic acids is 1. The normalized spacial score (nSPS) is 20.5. The van der Waals surface area contributed by atoms with E-state index in [0.717, 1.165) is 17.7 Å². The Morgan fingerprint density at radius 1 is 1.26 bits per heavy atom. The van der Waals surface area contributed by atoms with Crippen LogP contribution >= 0.6 is 0 Å². The summed E-state index contributed by atoms with van der Waals surface area (Å²) in [5, 5.41) is 20.3. The number of aryl methyl sites for hydroxylation is 1. The van der Waals surface area contributed by atoms with Gasteiger partial charge in [0.25, 0.3) is 11.5 Å². The molecule has 3 aliphatic rings. The van der Waals surface area contributed by atoms with Crippen molar-refractivity contribution in [3.63, 3.8) is 0 Å². The van der Waals surface area contributed by atoms with Crippen LogP contribution in [-0.4, -0.2) is 59.3 Å². The summed E-state index contributed by atoms with van der Waals surface area (Å²) in [7, 11) is 1.63. The molecule has 178 valence electrons. The Hall–Kier alpha value is -3.50. The minimum atomic E-state index is -0.566. The molecule has 1 aromatic carbocycles. The molecular formula is C24H28N6O4. The number of benzene rings is 1. The minimum Gasteiger partial charge on any atom is -0.381 e. The standard InChI is InChI=1S/C24H28N6O4/c1-13-9-17-18(30(22(26)23(31)28-17)21(25)14-4-7-34-8-5-14)11-16(13)24(32)29-6-3-15-10-20(33-2)27-12-19(15)29/h9-12,14,20,25-27H,3-8H2,1-2H3,(H,28,31). The molecule has 0 bridgehead atoms. The van der Waals surface area contributed by atoms with E-state index in [1.165, 1.54) is 4.57 Å². The van der Waals surface area contributed by atoms with E-state index < -0.39 is 5.56 Å². The lowest BCUT2D eigenvalue weighted by Crippen LogP contribution is -2.43. The number of hydrogen-bond acceptors (Lipinski definition) is 7. The number of nitrogens with one attached hydrogen (secondary N) is 4. The van der Waals surface area contributed by atoms with Gasteiger partial charge < -0.3 is 24.7 Å². The van der Waals surface area contributed by atoms with Gasteiger partial charge in [0, 0.05) is 44.5 Å². The molecule has 0 aliphatic carbocycles. The fourth-order valence-corrected chi connectivity index (χ4v) is 4.90. The van der Waals surface area contributed by atoms with Crippen molar-refractivity contribution in [3.8, 4) is 0 Å². The number of amides is 1. The van der Waals surface area contributed by atoms with Gasteiger partial charge in [-0.3, -0.25) is 25.0 Å². The molecule has 3 aliphatic heterocycles. The molecule has 5 rings (SSSR count). The zero-order chi connectivity index (χ0) is 24.0. The van der Waals surface area contributed by atoms with Crippen molar-refractivity contribution in [2.24, 2.45) is 5.92 Å². The Labute approximate surface area is 195 Å². The second-order valence-corrected chi connectivity index (χ2v) is 8.85. The Morgan fingerprint density at radius 2 is 2.03 bits per heavy atom. The first kappa shape index (κ1) is 22.3. The quantitative estimate of drug-likeness (QED) is 0.404. The summed E-state index contributed by atoms with van der Waals surface area (Å²) in [5.74, 6) is -0.0942. The summed E-state index contributed by atoms with van der Waals surface area (Å²) in [6.07, 6.45) is 5.64. The van der Waals surface area contributed by atoms with Gasteiger partial charge in [-0.15, -0.1) is 0 Å². The fourth-order valence-electron chi connectivity index (χ4n) is 4.90. The van der Waals surface area contributed by atoms with Crippen molar-refractivity contribution in [3.05, 3.63) is 62.6 Å². The van der Waals surface area contributed by atoms with Crippen molar-refractivity contribution in [2.75, 3.05) is 26.9 Å². The van der Waals surface area contributed by atoms with E-state index >= 15 is 0 Å². The molecule has 0 saturated carbocycles. The van der Waals surface area contributed by atoms with Crippen molar-refractivity contribution in [2.45, 2.75) is 32.4 Å². The average molecular weight is 465 g/mol. The van der Waals surface area contributed by atoms with Crippen LogP contribution in [0.2, 0.25) is 0 Å². The van der Waals surface area contributed by atoms with E-state index in [0.29, 0.717) is 54.8 Å². The maximum Gasteiger partial charge on any atom is 0.291 e. The summed E-state index contributed by atoms with van der Waals surface area (Å²) in [6, 6.07) is 3.45. The van der Waals surface area contributed by atoms with Gasteiger partial charge in [0.15, 0.2) is 5.49 Å². The summed E-state index contributed by atoms with van der Waals surface area (Å²) in [5.41, 5.74) is 3.16. The number of fused-ring (bicyclic) bond motifs is 2. The molecule has 1 aromatic heterocycles. The van der Waals surface area contributed by atoms with Crippen LogP contribution in [0.15, 0.2) is 40.5 Å². The molecule has 0 radical (unpaired) electrons. The first-order valence-corrected chi connectivity index (χ1v) is 11.4. The van der Waals surface area contributed by atoms with Crippen LogP contribution in [0.1, 0.15) is 35.2 Å². The van der Waals surface area contributed by atoms with Crippen LogP contribution in [0.3, 0.4) is 0 Å². The Bertz CT molecular complexity index is 1360. The predicted molar refractivity (Wildman–Crippen MR) is 126 cm³/mol. The highest BCUT2D eigenvalue weighted by molar-refractivity contribution is 6.02. The fraction of sp³-hybridized carbons (Fsp3) is 0.417. The van der Waals surface area contributed by atoms with Crippen molar-refractivity contribution in [1.82, 2.24) is 19.8 Å². The molecule has 34 heavy (non-hydrogen) atoms. The van der Waals surface area contributed by atoms with E-state index in [9.17, 15) is 9.59 Å². The van der Waals surface area contributed by atoms with E-state index in [1.807, 2.05) is 19.2 Å². The number of aromatic nitrogens is 2. The second-order valence-electron chi connectivity index (χ2n) is 8.85. The minimum absolute atomic E-state index is 0.119. The largest absolute Gasteiger partial charge is 0.381 e. The van der Waals surface area contributed by atoms with E-state index in [-0.39, 0.29) is 29.4 Å². The maximum atomic E-state index is 13.7. The maximum absolute atomic E-state index is 13.7. The summed E-state index contributed by atoms with van der Waals surface area (Å²) >= 11 is 0. The molecule has 1 atom stereocenters. The van der Waals surface area contributed by atoms with Crippen LogP contribution < -0.4 is 16.4 Å². The monoisotopic (exact) mass is 464 g/mol. The van der Waals surface area contributed by atoms with Gasteiger partial charge in [-0.25, -0.2) is 0 Å². The topological polar surface area (TPSA) is 136 Å². The number of nitrogens with zero attached hydrogens (tertiary/aromatic N) is 2. The smallest absolute Gasteiger partial charge is 0.291 e. The number of rotatable bonds is 3. The van der Waals surface area contributed by atoms with Gasteiger partial charge in [-0.05, 0) is 55.5 Å². The molecule has 10 heteroatoms. The molecule has 0 spiro atoms. The Balaban J connectivity index is 1.58. The number of likely N-dealkylation sites (tertiary alicyclic amines) is 1. The molecule has 1 amide bonds. The van der Waals surface area contributed by atoms with Crippen molar-refractivity contribution >= 4 is 22.8 Å². The summed E-state index contributed by atoms with van der Waals surface area (Å²) in [4.78, 5) is 30.6. The third-order valence-corrected chi connectivity index (χ3v) is 6.81. The number of methoxy groups -OCH3 is 1. The SMILES string of the molecule is COC1C=C2CCN(C(=O)c3cc4c(cc3C)[nH]c(=O)c(=N)n4C(=N)C3CCOCC3)C2=CN1. The number of H-pyrrole nitrogens is 1. The lowest BCUT2D eigenvalue weighted by Gasteiger charge is -2.26. The number of ether oxygens (including phenoxy) is 2. The van der Waals surface area contributed by atoms with Gasteiger partial charge in [-0.2, -0.15) is 0 Å². The third kappa shape index (κ3) is 3.68. The Kier molecular flexibility index (Phi) is 5.70. The van der Waals surface area contributed by atoms with Crippen LogP contribution in [0.4, 0.5) is 0 Å². The lowest BCUT2D eigenvalue weighted by atomic mass is 9.98. The van der Waals surface area contributed by atoms with Gasteiger partial charge in [-0.1, -0.05) is 0 Å². The number of aromatic amines is 1. The van der Waals surface area contributed by atoms with Crippen LogP contribution in [-0.2, 0) is 9.47 Å². The zero-order valence-electron chi connectivity index (χ0n) is 19.2. The average Bonchev–Trinajstić information content (AvgIpc) is 3.27. The molecule has 4 heterocycles. The highest BCUT2D eigenvalue weighted by atomic mass is 16.5. The van der Waals surface area contributed by atoms with E-state index in [2.05, 4.69) is 10.3 Å². The molecule has 2 aromatic rings. The summed E-state index contributed by atoms with van der Waals surface area (Å²) < 4.78 is 12.1. The van der Waals surface area contributed by atoms with E-state index in [4.69, 9.17) is 20.3 Å². The van der Waals surface area contributed by atoms with Crippen LogP contribution in [0.25, 0.3) is 11.0 Å². The number of dihydropyridines is 1. The first-order chi connectivity index (χ1) is 16.4. The third-order valence-electron chi connectivity index (χ3n) is 6.81. The number of hydrogen-bond donors (Lipinski definition) is 4. The number of allylic oxidation sites excluding steroid dienone is 1. The molecule has 1 unspecified atom stereocenters. The van der Waals surface area contributed by atoms with E-state index in [1.54, 1.807) is 24.1 Å². The first-order valence-electron chi connectivity index (χ1n) is 11.4. The van der Waals surface area contributed by atoms with Crippen LogP contribution in [0, 0.1) is 23.7 Å². The summed E-state index contributed by atoms with van der Waals surface area (Å²) in [6.45, 7) is 3.47. The predicted octanol–water partition coefficient (Wildman–Crippen LogP) is 1.56. The zero-order valence-corrected chi connectivity index (χ0v) is 19.2.